The minimum atomic E-state index is 0.547. The summed E-state index contributed by atoms with van der Waals surface area (Å²) in [6.07, 6.45) is 0. The van der Waals surface area contributed by atoms with Gasteiger partial charge in [-0.2, -0.15) is 5.10 Å². The van der Waals surface area contributed by atoms with Crippen molar-refractivity contribution in [3.8, 4) is 0 Å². The fraction of sp³-hybridized carbons (Fsp3) is 0.667. The molecule has 1 aromatic heterocycles. The molecule has 0 bridgehead atoms. The monoisotopic (exact) mass is 252 g/mol. The zero-order valence-corrected chi connectivity index (χ0v) is 11.9. The fourth-order valence-electron chi connectivity index (χ4n) is 1.66. The molecular weight excluding hydrogens is 228 g/mol. The summed E-state index contributed by atoms with van der Waals surface area (Å²) in [5.74, 6) is 6.60. The van der Waals surface area contributed by atoms with Gasteiger partial charge in [0.25, 0.3) is 0 Å². The molecular formula is C12H24N6. The lowest BCUT2D eigenvalue weighted by Gasteiger charge is -2.11. The van der Waals surface area contributed by atoms with Gasteiger partial charge in [0.1, 0.15) is 0 Å². The zero-order chi connectivity index (χ0) is 13.7. The fourth-order valence-corrected chi connectivity index (χ4v) is 1.66. The first kappa shape index (κ1) is 14.5. The van der Waals surface area contributed by atoms with Gasteiger partial charge in [0.15, 0.2) is 0 Å². The van der Waals surface area contributed by atoms with Crippen molar-refractivity contribution in [3.63, 3.8) is 0 Å². The lowest BCUT2D eigenvalue weighted by molar-refractivity contribution is 0.615. The summed E-state index contributed by atoms with van der Waals surface area (Å²) >= 11 is 0. The number of aromatic nitrogens is 2. The molecule has 4 N–H and O–H groups in total. The Labute approximate surface area is 109 Å². The van der Waals surface area contributed by atoms with Crippen LogP contribution in [0.25, 0.3) is 0 Å². The van der Waals surface area contributed by atoms with Crippen molar-refractivity contribution in [2.45, 2.75) is 34.2 Å². The molecule has 0 aliphatic rings. The third-order valence-electron chi connectivity index (χ3n) is 2.87. The summed E-state index contributed by atoms with van der Waals surface area (Å²) in [5, 5.41) is 7.54. The van der Waals surface area contributed by atoms with E-state index in [0.29, 0.717) is 18.4 Å². The van der Waals surface area contributed by atoms with Gasteiger partial charge in [0.05, 0.1) is 12.2 Å². The van der Waals surface area contributed by atoms with Crippen molar-refractivity contribution in [1.29, 1.82) is 0 Å². The van der Waals surface area contributed by atoms with Crippen LogP contribution in [0.4, 0.5) is 0 Å². The van der Waals surface area contributed by atoms with Crippen LogP contribution in [-0.2, 0) is 13.6 Å². The van der Waals surface area contributed by atoms with E-state index in [-0.39, 0.29) is 0 Å². The summed E-state index contributed by atoms with van der Waals surface area (Å²) in [4.78, 5) is 4.44. The number of hydrazine groups is 1. The topological polar surface area (TPSA) is 80.3 Å². The van der Waals surface area contributed by atoms with Gasteiger partial charge in [-0.25, -0.2) is 10.8 Å². The minimum Gasteiger partial charge on any atom is -0.355 e. The maximum atomic E-state index is 5.44. The average molecular weight is 252 g/mol. The van der Waals surface area contributed by atoms with Crippen LogP contribution >= 0.6 is 0 Å². The maximum absolute atomic E-state index is 5.44. The number of aliphatic imine (C=N–C) groups is 1. The average Bonchev–Trinajstić information content (AvgIpc) is 2.54. The smallest absolute Gasteiger partial charge is 0.206 e. The van der Waals surface area contributed by atoms with E-state index < -0.39 is 0 Å². The highest BCUT2D eigenvalue weighted by Gasteiger charge is 2.08. The molecule has 0 radical (unpaired) electrons. The first-order chi connectivity index (χ1) is 8.45. The Balaban J connectivity index is 2.70. The van der Waals surface area contributed by atoms with Gasteiger partial charge in [-0.15, -0.1) is 0 Å². The van der Waals surface area contributed by atoms with E-state index >= 15 is 0 Å². The number of rotatable bonds is 4. The van der Waals surface area contributed by atoms with Gasteiger partial charge >= 0.3 is 0 Å². The molecule has 0 unspecified atom stereocenters. The Bertz CT molecular complexity index is 418. The van der Waals surface area contributed by atoms with Gasteiger partial charge in [-0.3, -0.25) is 10.1 Å². The third-order valence-corrected chi connectivity index (χ3v) is 2.87. The van der Waals surface area contributed by atoms with Crippen LogP contribution in [0.5, 0.6) is 0 Å². The molecule has 0 fully saturated rings. The zero-order valence-electron chi connectivity index (χ0n) is 11.9. The second-order valence-corrected chi connectivity index (χ2v) is 4.86. The highest BCUT2D eigenvalue weighted by Crippen LogP contribution is 2.12. The number of aryl methyl sites for hydroxylation is 2. The number of nitrogens with zero attached hydrogens (tertiary/aromatic N) is 3. The van der Waals surface area contributed by atoms with Crippen LogP contribution in [-0.4, -0.2) is 22.3 Å². The van der Waals surface area contributed by atoms with Crippen molar-refractivity contribution in [2.75, 3.05) is 6.54 Å². The standard InChI is InChI=1S/C12H24N6/c1-8(2)6-14-12(16-13)15-7-11-9(3)17-18(5)10(11)4/h8H,6-7,13H2,1-5H3,(H2,14,15,16). The SMILES string of the molecule is Cc1nn(C)c(C)c1CN=C(NN)NCC(C)C. The van der Waals surface area contributed by atoms with Gasteiger partial charge in [-0.05, 0) is 19.8 Å². The summed E-state index contributed by atoms with van der Waals surface area (Å²) < 4.78 is 1.87. The Hall–Kier alpha value is -1.56. The molecule has 0 atom stereocenters. The second-order valence-electron chi connectivity index (χ2n) is 4.86. The van der Waals surface area contributed by atoms with E-state index in [4.69, 9.17) is 5.84 Å². The van der Waals surface area contributed by atoms with E-state index in [1.54, 1.807) is 0 Å². The van der Waals surface area contributed by atoms with E-state index in [9.17, 15) is 0 Å². The van der Waals surface area contributed by atoms with Gasteiger partial charge < -0.3 is 5.32 Å². The number of hydrogen-bond donors (Lipinski definition) is 3. The highest BCUT2D eigenvalue weighted by atomic mass is 15.3. The number of guanidine groups is 1. The molecule has 18 heavy (non-hydrogen) atoms. The Morgan fingerprint density at radius 3 is 2.56 bits per heavy atom. The molecule has 0 saturated heterocycles. The summed E-state index contributed by atoms with van der Waals surface area (Å²) in [6, 6.07) is 0. The first-order valence-corrected chi connectivity index (χ1v) is 6.19. The maximum Gasteiger partial charge on any atom is 0.206 e. The molecule has 6 heteroatoms. The van der Waals surface area contributed by atoms with Crippen LogP contribution in [0.2, 0.25) is 0 Å². The van der Waals surface area contributed by atoms with Crippen molar-refractivity contribution < 1.29 is 0 Å². The lowest BCUT2D eigenvalue weighted by atomic mass is 10.2. The van der Waals surface area contributed by atoms with Crippen LogP contribution in [0.1, 0.15) is 30.8 Å². The molecule has 0 saturated carbocycles. The third kappa shape index (κ3) is 3.73. The minimum absolute atomic E-state index is 0.547. The van der Waals surface area contributed by atoms with Gasteiger partial charge in [-0.1, -0.05) is 13.8 Å². The lowest BCUT2D eigenvalue weighted by Crippen LogP contribution is -2.43. The molecule has 6 nitrogen and oxygen atoms in total. The van der Waals surface area contributed by atoms with Gasteiger partial charge in [0.2, 0.25) is 5.96 Å². The van der Waals surface area contributed by atoms with Crippen molar-refractivity contribution >= 4 is 5.96 Å². The van der Waals surface area contributed by atoms with Crippen LogP contribution < -0.4 is 16.6 Å². The molecule has 1 aromatic rings. The summed E-state index contributed by atoms with van der Waals surface area (Å²) in [6.45, 7) is 9.73. The number of hydrogen-bond acceptors (Lipinski definition) is 3. The molecule has 1 heterocycles. The molecule has 0 aliphatic carbocycles. The van der Waals surface area contributed by atoms with E-state index in [0.717, 1.165) is 23.5 Å². The molecule has 1 rings (SSSR count). The van der Waals surface area contributed by atoms with Gasteiger partial charge in [0, 0.05) is 24.8 Å². The number of nitrogens with two attached hydrogens (primary N) is 1. The Morgan fingerprint density at radius 1 is 1.44 bits per heavy atom. The Morgan fingerprint density at radius 2 is 2.11 bits per heavy atom. The quantitative estimate of drug-likeness (QED) is 0.317. The van der Waals surface area contributed by atoms with Crippen molar-refractivity contribution in [2.24, 2.45) is 23.8 Å². The predicted octanol–water partition coefficient (Wildman–Crippen LogP) is 0.602. The Kier molecular flexibility index (Phi) is 5.15. The van der Waals surface area contributed by atoms with E-state index in [1.165, 1.54) is 0 Å². The molecule has 102 valence electrons. The molecule has 0 amide bonds. The van der Waals surface area contributed by atoms with E-state index in [1.807, 2.05) is 25.6 Å². The van der Waals surface area contributed by atoms with Crippen LogP contribution in [0.15, 0.2) is 4.99 Å². The second kappa shape index (κ2) is 6.39. The van der Waals surface area contributed by atoms with Crippen molar-refractivity contribution in [3.05, 3.63) is 17.0 Å². The van der Waals surface area contributed by atoms with E-state index in [2.05, 4.69) is 34.7 Å². The molecule has 0 aromatic carbocycles. The van der Waals surface area contributed by atoms with Crippen LogP contribution in [0.3, 0.4) is 0 Å². The summed E-state index contributed by atoms with van der Waals surface area (Å²) in [7, 11) is 1.94. The van der Waals surface area contributed by atoms with Crippen molar-refractivity contribution in [1.82, 2.24) is 20.5 Å². The molecule has 0 aliphatic heterocycles. The largest absolute Gasteiger partial charge is 0.355 e. The molecule has 0 spiro atoms. The summed E-state index contributed by atoms with van der Waals surface area (Å²) in [5.41, 5.74) is 5.88. The highest BCUT2D eigenvalue weighted by molar-refractivity contribution is 5.79. The number of nitrogens with one attached hydrogen (secondary N) is 2. The first-order valence-electron chi connectivity index (χ1n) is 6.19. The predicted molar refractivity (Wildman–Crippen MR) is 74.0 cm³/mol. The normalized spacial score (nSPS) is 12.1. The van der Waals surface area contributed by atoms with Crippen LogP contribution in [0, 0.1) is 19.8 Å².